The first-order chi connectivity index (χ1) is 16.3. The first-order valence-electron chi connectivity index (χ1n) is 11.5. The molecule has 0 radical (unpaired) electrons. The molecule has 3 N–H and O–H groups in total. The van der Waals surface area contributed by atoms with Gasteiger partial charge in [0.2, 0.25) is 20.0 Å². The second-order valence-electron chi connectivity index (χ2n) is 10.3. The summed E-state index contributed by atoms with van der Waals surface area (Å²) >= 11 is 6.21. The van der Waals surface area contributed by atoms with Crippen LogP contribution in [0.2, 0.25) is 5.02 Å². The van der Waals surface area contributed by atoms with Crippen LogP contribution in [0.15, 0.2) is 28.0 Å². The minimum Gasteiger partial charge on any atom is -0.343 e. The van der Waals surface area contributed by atoms with Crippen molar-refractivity contribution in [3.05, 3.63) is 34.5 Å². The third-order valence-corrected chi connectivity index (χ3v) is 9.44. The van der Waals surface area contributed by atoms with Crippen molar-refractivity contribution in [3.63, 3.8) is 0 Å². The molecule has 2 aromatic rings. The van der Waals surface area contributed by atoms with Gasteiger partial charge in [-0.25, -0.2) is 26.7 Å². The van der Waals surface area contributed by atoms with Crippen molar-refractivity contribution in [1.82, 2.24) is 9.29 Å². The number of benzene rings is 1. The molecule has 36 heavy (non-hydrogen) atoms. The zero-order chi connectivity index (χ0) is 27.3. The molecule has 0 unspecified atom stereocenters. The van der Waals surface area contributed by atoms with Crippen molar-refractivity contribution in [2.45, 2.75) is 87.9 Å². The molecule has 202 valence electrons. The van der Waals surface area contributed by atoms with Gasteiger partial charge in [0.15, 0.2) is 0 Å². The van der Waals surface area contributed by atoms with Gasteiger partial charge < -0.3 is 4.57 Å². The normalized spacial score (nSPS) is 16.5. The molecular formula is C23H31ClF3N3O4S2. The van der Waals surface area contributed by atoms with Crippen LogP contribution < -0.4 is 9.86 Å². The predicted octanol–water partition coefficient (Wildman–Crippen LogP) is 5.44. The Labute approximate surface area is 215 Å². The number of hydrogen-bond donors (Lipinski definition) is 2. The summed E-state index contributed by atoms with van der Waals surface area (Å²) in [6.07, 6.45) is -0.114. The lowest BCUT2D eigenvalue weighted by Gasteiger charge is -2.25. The van der Waals surface area contributed by atoms with Gasteiger partial charge in [-0.3, -0.25) is 0 Å². The Morgan fingerprint density at radius 1 is 1.06 bits per heavy atom. The lowest BCUT2D eigenvalue weighted by atomic mass is 9.89. The molecule has 0 atom stereocenters. The van der Waals surface area contributed by atoms with E-state index in [-0.39, 0.29) is 22.1 Å². The van der Waals surface area contributed by atoms with Crippen molar-refractivity contribution in [1.29, 1.82) is 0 Å². The summed E-state index contributed by atoms with van der Waals surface area (Å²) in [6, 6.07) is 3.04. The van der Waals surface area contributed by atoms with Crippen LogP contribution in [0.3, 0.4) is 0 Å². The minimum atomic E-state index is -5.06. The minimum absolute atomic E-state index is 0.0594. The van der Waals surface area contributed by atoms with Crippen LogP contribution in [0.5, 0.6) is 0 Å². The van der Waals surface area contributed by atoms with Crippen molar-refractivity contribution in [2.75, 3.05) is 0 Å². The second kappa shape index (κ2) is 9.94. The maximum Gasteiger partial charge on any atom is 0.417 e. The zero-order valence-electron chi connectivity index (χ0n) is 20.5. The van der Waals surface area contributed by atoms with E-state index >= 15 is 0 Å². The molecule has 1 aromatic heterocycles. The molecule has 1 aliphatic rings. The Morgan fingerprint density at radius 2 is 1.64 bits per heavy atom. The predicted molar refractivity (Wildman–Crippen MR) is 133 cm³/mol. The van der Waals surface area contributed by atoms with Crippen LogP contribution >= 0.6 is 11.6 Å². The van der Waals surface area contributed by atoms with Gasteiger partial charge >= 0.3 is 6.18 Å². The number of nitrogens with one attached hydrogen (secondary N) is 1. The Bertz CT molecular complexity index is 1360. The van der Waals surface area contributed by atoms with Crippen LogP contribution in [0, 0.1) is 12.8 Å². The fourth-order valence-electron chi connectivity index (χ4n) is 4.69. The van der Waals surface area contributed by atoms with Crippen molar-refractivity contribution in [2.24, 2.45) is 11.1 Å². The maximum absolute atomic E-state index is 14.2. The molecule has 0 bridgehead atoms. The van der Waals surface area contributed by atoms with Gasteiger partial charge in [-0.2, -0.15) is 13.2 Å². The molecule has 1 saturated carbocycles. The van der Waals surface area contributed by atoms with E-state index in [0.717, 1.165) is 38.2 Å². The summed E-state index contributed by atoms with van der Waals surface area (Å²) in [4.78, 5) is -1.28. The molecule has 0 aliphatic heterocycles. The number of rotatable bonds is 6. The van der Waals surface area contributed by atoms with Gasteiger partial charge in [-0.05, 0) is 64.7 Å². The summed E-state index contributed by atoms with van der Waals surface area (Å²) in [7, 11) is -8.81. The van der Waals surface area contributed by atoms with Crippen LogP contribution in [-0.4, -0.2) is 26.9 Å². The summed E-state index contributed by atoms with van der Waals surface area (Å²) < 4.78 is 96.6. The molecule has 0 spiro atoms. The van der Waals surface area contributed by atoms with Gasteiger partial charge in [0.05, 0.1) is 10.6 Å². The quantitative estimate of drug-likeness (QED) is 0.482. The number of primary sulfonamides is 1. The molecule has 3 rings (SSSR count). The average Bonchev–Trinajstić information content (AvgIpc) is 3.02. The lowest BCUT2D eigenvalue weighted by Crippen LogP contribution is -2.41. The highest BCUT2D eigenvalue weighted by Gasteiger charge is 2.40. The third kappa shape index (κ3) is 6.45. The van der Waals surface area contributed by atoms with Gasteiger partial charge in [0.25, 0.3) is 0 Å². The number of hydrogen-bond acceptors (Lipinski definition) is 4. The van der Waals surface area contributed by atoms with Gasteiger partial charge in [-0.15, -0.1) is 0 Å². The molecule has 13 heteroatoms. The number of alkyl halides is 3. The highest BCUT2D eigenvalue weighted by atomic mass is 35.5. The maximum atomic E-state index is 14.2. The van der Waals surface area contributed by atoms with Crippen molar-refractivity contribution in [3.8, 4) is 11.3 Å². The fraction of sp³-hybridized carbons (Fsp3) is 0.565. The molecule has 1 aliphatic carbocycles. The van der Waals surface area contributed by atoms with Crippen molar-refractivity contribution < 1.29 is 30.0 Å². The number of nitrogens with zero attached hydrogens (tertiary/aromatic N) is 1. The molecule has 7 nitrogen and oxygen atoms in total. The van der Waals surface area contributed by atoms with Crippen LogP contribution in [-0.2, 0) is 32.8 Å². The largest absolute Gasteiger partial charge is 0.417 e. The summed E-state index contributed by atoms with van der Waals surface area (Å²) in [5.41, 5.74) is -2.09. The average molecular weight is 570 g/mol. The van der Waals surface area contributed by atoms with Crippen LogP contribution in [0.1, 0.15) is 64.1 Å². The van der Waals surface area contributed by atoms with Crippen LogP contribution in [0.4, 0.5) is 13.2 Å². The molecule has 1 heterocycles. The van der Waals surface area contributed by atoms with E-state index in [2.05, 4.69) is 4.72 Å². The Hall–Kier alpha value is -1.60. The first kappa shape index (κ1) is 29.0. The Morgan fingerprint density at radius 3 is 2.14 bits per heavy atom. The second-order valence-corrected chi connectivity index (χ2v) is 13.9. The number of aromatic nitrogens is 1. The topological polar surface area (TPSA) is 111 Å². The number of sulfonamides is 2. The smallest absolute Gasteiger partial charge is 0.343 e. The fourth-order valence-corrected chi connectivity index (χ4v) is 7.70. The highest BCUT2D eigenvalue weighted by molar-refractivity contribution is 7.89. The van der Waals surface area contributed by atoms with E-state index in [1.807, 2.05) is 0 Å². The highest BCUT2D eigenvalue weighted by Crippen LogP contribution is 2.42. The van der Waals surface area contributed by atoms with Crippen molar-refractivity contribution >= 4 is 31.6 Å². The third-order valence-electron chi connectivity index (χ3n) is 6.15. The SMILES string of the molecule is Cc1c(S(N)(=O)=O)cc(-c2cc(Cl)c(S(=O)(=O)NC(C)(C)C)c(C(F)(F)F)c2)n1CC1CCCCC1. The van der Waals surface area contributed by atoms with Gasteiger partial charge in [0, 0.05) is 29.0 Å². The monoisotopic (exact) mass is 569 g/mol. The Balaban J connectivity index is 2.27. The number of nitrogens with two attached hydrogens (primary N) is 1. The van der Waals surface area contributed by atoms with E-state index in [1.54, 1.807) is 11.5 Å². The van der Waals surface area contributed by atoms with Gasteiger partial charge in [0.1, 0.15) is 9.79 Å². The first-order valence-corrected chi connectivity index (χ1v) is 14.9. The molecule has 0 amide bonds. The van der Waals surface area contributed by atoms with E-state index in [4.69, 9.17) is 16.7 Å². The summed E-state index contributed by atoms with van der Waals surface area (Å²) in [5, 5.41) is 4.76. The standard InChI is InChI=1S/C23H31ClF3N3O4S2/c1-14-20(35(28,31)32)12-19(30(14)13-15-8-6-5-7-9-15)16-10-17(23(25,26)27)21(18(24)11-16)36(33,34)29-22(2,3)4/h10-12,15,29H,5-9,13H2,1-4H3,(H2,28,31,32). The van der Waals surface area contributed by atoms with Gasteiger partial charge in [-0.1, -0.05) is 30.9 Å². The van der Waals surface area contributed by atoms with E-state index in [0.29, 0.717) is 18.3 Å². The molecule has 1 aromatic carbocycles. The Kier molecular flexibility index (Phi) is 7.99. The lowest BCUT2D eigenvalue weighted by molar-refractivity contribution is -0.139. The van der Waals surface area contributed by atoms with E-state index in [9.17, 15) is 30.0 Å². The molecule has 1 fully saturated rings. The summed E-state index contributed by atoms with van der Waals surface area (Å²) in [6.45, 7) is 6.42. The number of halogens is 4. The molecular weight excluding hydrogens is 539 g/mol. The van der Waals surface area contributed by atoms with E-state index in [1.165, 1.54) is 26.8 Å². The molecule has 0 saturated heterocycles. The summed E-state index contributed by atoms with van der Waals surface area (Å²) in [5.74, 6) is 0.213. The van der Waals surface area contributed by atoms with E-state index < -0.39 is 47.2 Å². The zero-order valence-corrected chi connectivity index (χ0v) is 22.9. The van der Waals surface area contributed by atoms with Crippen LogP contribution in [0.25, 0.3) is 11.3 Å².